The highest BCUT2D eigenvalue weighted by atomic mass is 16.6. The van der Waals surface area contributed by atoms with Crippen LogP contribution in [0.4, 0.5) is 5.69 Å². The van der Waals surface area contributed by atoms with Gasteiger partial charge in [0.1, 0.15) is 6.04 Å². The second-order valence-electron chi connectivity index (χ2n) is 6.83. The van der Waals surface area contributed by atoms with Gasteiger partial charge in [-0.1, -0.05) is 60.7 Å². The van der Waals surface area contributed by atoms with Gasteiger partial charge in [-0.25, -0.2) is 0 Å². The van der Waals surface area contributed by atoms with Gasteiger partial charge in [0.2, 0.25) is 5.91 Å². The molecule has 0 spiro atoms. The number of benzene rings is 3. The van der Waals surface area contributed by atoms with E-state index in [1.54, 1.807) is 48.5 Å². The maximum atomic E-state index is 12.5. The molecule has 3 N–H and O–H groups in total. The number of nitrogens with two attached hydrogens (primary N) is 1. The molecule has 0 fully saturated rings. The number of nitro benzene ring substituents is 1. The minimum absolute atomic E-state index is 0.0456. The summed E-state index contributed by atoms with van der Waals surface area (Å²) < 4.78 is 0. The highest BCUT2D eigenvalue weighted by molar-refractivity contribution is 6.09. The van der Waals surface area contributed by atoms with E-state index >= 15 is 0 Å². The van der Waals surface area contributed by atoms with E-state index in [0.717, 1.165) is 6.07 Å². The average molecular weight is 417 g/mol. The number of carbonyl (C=O) groups is 3. The van der Waals surface area contributed by atoms with Crippen LogP contribution >= 0.6 is 0 Å². The van der Waals surface area contributed by atoms with Gasteiger partial charge in [-0.05, 0) is 11.6 Å². The van der Waals surface area contributed by atoms with Crippen LogP contribution in [0.1, 0.15) is 31.8 Å². The second-order valence-corrected chi connectivity index (χ2v) is 6.83. The Morgan fingerprint density at radius 1 is 0.871 bits per heavy atom. The van der Waals surface area contributed by atoms with Crippen LogP contribution in [0.5, 0.6) is 0 Å². The zero-order chi connectivity index (χ0) is 22.4. The van der Waals surface area contributed by atoms with Crippen molar-refractivity contribution >= 4 is 23.3 Å². The van der Waals surface area contributed by atoms with Crippen molar-refractivity contribution in [3.63, 3.8) is 0 Å². The quantitative estimate of drug-likeness (QED) is 0.330. The Morgan fingerprint density at radius 3 is 2.10 bits per heavy atom. The van der Waals surface area contributed by atoms with Gasteiger partial charge in [0.15, 0.2) is 5.78 Å². The van der Waals surface area contributed by atoms with Crippen LogP contribution in [0.15, 0.2) is 78.9 Å². The van der Waals surface area contributed by atoms with E-state index in [1.165, 1.54) is 18.2 Å². The van der Waals surface area contributed by atoms with E-state index in [9.17, 15) is 24.5 Å². The number of nitro groups is 1. The maximum Gasteiger partial charge on any atom is 0.270 e. The minimum Gasteiger partial charge on any atom is -0.368 e. The summed E-state index contributed by atoms with van der Waals surface area (Å²) in [6.07, 6.45) is 0.107. The van der Waals surface area contributed by atoms with Crippen molar-refractivity contribution in [1.29, 1.82) is 0 Å². The third-order valence-electron chi connectivity index (χ3n) is 4.66. The molecule has 1 atom stereocenters. The fourth-order valence-electron chi connectivity index (χ4n) is 3.01. The molecule has 0 aliphatic carbocycles. The Kier molecular flexibility index (Phi) is 6.51. The zero-order valence-electron chi connectivity index (χ0n) is 16.4. The Labute approximate surface area is 177 Å². The molecular weight excluding hydrogens is 398 g/mol. The van der Waals surface area contributed by atoms with Gasteiger partial charge in [-0.2, -0.15) is 0 Å². The van der Waals surface area contributed by atoms with E-state index in [1.807, 2.05) is 6.07 Å². The first kappa shape index (κ1) is 21.4. The zero-order valence-corrected chi connectivity index (χ0v) is 16.4. The molecule has 31 heavy (non-hydrogen) atoms. The van der Waals surface area contributed by atoms with E-state index in [0.29, 0.717) is 16.7 Å². The molecule has 0 aromatic heterocycles. The fourth-order valence-corrected chi connectivity index (χ4v) is 3.01. The standard InChI is InChI=1S/C23H19N3O5/c24-22(28)20(25-23(29)18-7-4-8-19(14-18)26(30)31)13-15-9-11-17(12-10-15)21(27)16-5-2-1-3-6-16/h1-12,14,20H,13H2,(H2,24,28)(H,25,29)/t20-/m1/s1. The Morgan fingerprint density at radius 2 is 1.48 bits per heavy atom. The first-order chi connectivity index (χ1) is 14.8. The van der Waals surface area contributed by atoms with E-state index in [2.05, 4.69) is 5.32 Å². The number of nitrogens with zero attached hydrogens (tertiary/aromatic N) is 1. The third kappa shape index (κ3) is 5.39. The van der Waals surface area contributed by atoms with Gasteiger partial charge >= 0.3 is 0 Å². The monoisotopic (exact) mass is 417 g/mol. The lowest BCUT2D eigenvalue weighted by Crippen LogP contribution is -2.45. The molecule has 156 valence electrons. The van der Waals surface area contributed by atoms with Crippen molar-refractivity contribution in [3.05, 3.63) is 111 Å². The largest absolute Gasteiger partial charge is 0.368 e. The third-order valence-corrected chi connectivity index (χ3v) is 4.66. The molecule has 3 rings (SSSR count). The van der Waals surface area contributed by atoms with Gasteiger partial charge in [0.05, 0.1) is 4.92 Å². The van der Waals surface area contributed by atoms with Crippen LogP contribution < -0.4 is 11.1 Å². The first-order valence-electron chi connectivity index (χ1n) is 9.38. The van der Waals surface area contributed by atoms with Crippen LogP contribution in [-0.2, 0) is 11.2 Å². The molecule has 3 aromatic carbocycles. The van der Waals surface area contributed by atoms with Crippen molar-refractivity contribution in [3.8, 4) is 0 Å². The topological polar surface area (TPSA) is 132 Å². The lowest BCUT2D eigenvalue weighted by Gasteiger charge is -2.16. The highest BCUT2D eigenvalue weighted by Crippen LogP contribution is 2.15. The van der Waals surface area contributed by atoms with Gasteiger partial charge in [0, 0.05) is 35.2 Å². The van der Waals surface area contributed by atoms with Crippen molar-refractivity contribution in [2.24, 2.45) is 5.73 Å². The molecule has 3 aromatic rings. The molecule has 0 saturated heterocycles. The molecule has 2 amide bonds. The van der Waals surface area contributed by atoms with Crippen molar-refractivity contribution in [2.45, 2.75) is 12.5 Å². The number of nitrogens with one attached hydrogen (secondary N) is 1. The summed E-state index contributed by atoms with van der Waals surface area (Å²) in [5.74, 6) is -1.52. The van der Waals surface area contributed by atoms with Crippen molar-refractivity contribution < 1.29 is 19.3 Å². The normalized spacial score (nSPS) is 11.4. The Bertz CT molecular complexity index is 1130. The number of ketones is 1. The van der Waals surface area contributed by atoms with Crippen LogP contribution in [0.3, 0.4) is 0 Å². The molecular formula is C23H19N3O5. The molecule has 0 bridgehead atoms. The molecule has 0 heterocycles. The summed E-state index contributed by atoms with van der Waals surface area (Å²) in [4.78, 5) is 47.1. The smallest absolute Gasteiger partial charge is 0.270 e. The maximum absolute atomic E-state index is 12.5. The number of carbonyl (C=O) groups excluding carboxylic acids is 3. The molecule has 0 aliphatic heterocycles. The summed E-state index contributed by atoms with van der Waals surface area (Å²) in [6.45, 7) is 0. The van der Waals surface area contributed by atoms with Crippen LogP contribution in [-0.4, -0.2) is 28.6 Å². The molecule has 0 saturated carbocycles. The SMILES string of the molecule is NC(=O)[C@@H](Cc1ccc(C(=O)c2ccccc2)cc1)NC(=O)c1cccc([N+](=O)[O-])c1. The lowest BCUT2D eigenvalue weighted by molar-refractivity contribution is -0.384. The predicted molar refractivity (Wildman–Crippen MR) is 114 cm³/mol. The van der Waals surface area contributed by atoms with E-state index in [4.69, 9.17) is 5.73 Å². The number of amides is 2. The Hall–Kier alpha value is -4.33. The van der Waals surface area contributed by atoms with Crippen LogP contribution in [0, 0.1) is 10.1 Å². The number of hydrogen-bond acceptors (Lipinski definition) is 5. The minimum atomic E-state index is -1.03. The summed E-state index contributed by atoms with van der Waals surface area (Å²) in [6, 6.07) is 19.6. The number of primary amides is 1. The predicted octanol–water partition coefficient (Wildman–Crippen LogP) is 2.65. The first-order valence-corrected chi connectivity index (χ1v) is 9.38. The van der Waals surface area contributed by atoms with Crippen LogP contribution in [0.25, 0.3) is 0 Å². The van der Waals surface area contributed by atoms with Crippen LogP contribution in [0.2, 0.25) is 0 Å². The van der Waals surface area contributed by atoms with E-state index in [-0.39, 0.29) is 23.5 Å². The molecule has 8 nitrogen and oxygen atoms in total. The number of non-ortho nitro benzene ring substituents is 1. The molecule has 0 unspecified atom stereocenters. The van der Waals surface area contributed by atoms with Gasteiger partial charge < -0.3 is 11.1 Å². The Balaban J connectivity index is 1.71. The number of rotatable bonds is 8. The summed E-state index contributed by atoms with van der Waals surface area (Å²) in [5, 5.41) is 13.4. The van der Waals surface area contributed by atoms with Gasteiger partial charge in [-0.15, -0.1) is 0 Å². The second kappa shape index (κ2) is 9.45. The van der Waals surface area contributed by atoms with E-state index < -0.39 is 22.8 Å². The summed E-state index contributed by atoms with van der Waals surface area (Å²) >= 11 is 0. The number of hydrogen-bond donors (Lipinski definition) is 2. The average Bonchev–Trinajstić information content (AvgIpc) is 2.79. The summed E-state index contributed by atoms with van der Waals surface area (Å²) in [7, 11) is 0. The molecule has 0 aliphatic rings. The fraction of sp³-hybridized carbons (Fsp3) is 0.0870. The van der Waals surface area contributed by atoms with Gasteiger partial charge in [0.25, 0.3) is 11.6 Å². The van der Waals surface area contributed by atoms with Crippen molar-refractivity contribution in [2.75, 3.05) is 0 Å². The summed E-state index contributed by atoms with van der Waals surface area (Å²) in [5.41, 5.74) is 6.98. The van der Waals surface area contributed by atoms with Gasteiger partial charge in [-0.3, -0.25) is 24.5 Å². The highest BCUT2D eigenvalue weighted by Gasteiger charge is 2.21. The molecule has 8 heteroatoms. The lowest BCUT2D eigenvalue weighted by atomic mass is 9.99. The van der Waals surface area contributed by atoms with Crippen molar-refractivity contribution in [1.82, 2.24) is 5.32 Å². The molecule has 0 radical (unpaired) electrons.